The molecule has 4 heteroatoms. The van der Waals surface area contributed by atoms with Gasteiger partial charge in [-0.05, 0) is 42.7 Å². The fourth-order valence-electron chi connectivity index (χ4n) is 2.39. The third kappa shape index (κ3) is 4.07. The maximum absolute atomic E-state index is 13.2. The summed E-state index contributed by atoms with van der Waals surface area (Å²) in [5, 5.41) is 3.19. The highest BCUT2D eigenvalue weighted by Crippen LogP contribution is 2.19. The lowest BCUT2D eigenvalue weighted by atomic mass is 10.1. The van der Waals surface area contributed by atoms with Gasteiger partial charge in [0.05, 0.1) is 6.54 Å². The maximum atomic E-state index is 13.2. The van der Waals surface area contributed by atoms with E-state index in [1.165, 1.54) is 12.1 Å². The molecule has 0 unspecified atom stereocenters. The van der Waals surface area contributed by atoms with Gasteiger partial charge in [-0.2, -0.15) is 0 Å². The number of benzene rings is 2. The molecule has 0 heterocycles. The van der Waals surface area contributed by atoms with Crippen LogP contribution in [0.1, 0.15) is 16.7 Å². The Bertz CT molecular complexity index is 650. The highest BCUT2D eigenvalue weighted by atomic mass is 19.1. The number of nitrogens with one attached hydrogen (secondary N) is 1. The number of hydrogen-bond acceptors (Lipinski definition) is 2. The molecule has 0 spiro atoms. The average molecular weight is 300 g/mol. The summed E-state index contributed by atoms with van der Waals surface area (Å²) in [4.78, 5) is 13.8. The van der Waals surface area contributed by atoms with Crippen LogP contribution in [0.4, 0.5) is 10.1 Å². The van der Waals surface area contributed by atoms with E-state index in [-0.39, 0.29) is 18.3 Å². The van der Waals surface area contributed by atoms with Gasteiger partial charge >= 0.3 is 0 Å². The quantitative estimate of drug-likeness (QED) is 0.916. The van der Waals surface area contributed by atoms with Crippen molar-refractivity contribution >= 4 is 11.6 Å². The van der Waals surface area contributed by atoms with Gasteiger partial charge in [-0.1, -0.05) is 30.3 Å². The summed E-state index contributed by atoms with van der Waals surface area (Å²) in [6.07, 6.45) is 0. The normalized spacial score (nSPS) is 10.4. The molecule has 22 heavy (non-hydrogen) atoms. The largest absolute Gasteiger partial charge is 0.376 e. The van der Waals surface area contributed by atoms with E-state index in [1.54, 1.807) is 18.0 Å². The first kappa shape index (κ1) is 16.0. The summed E-state index contributed by atoms with van der Waals surface area (Å²) in [6.45, 7) is 4.63. The van der Waals surface area contributed by atoms with Crippen LogP contribution in [0.25, 0.3) is 0 Å². The van der Waals surface area contributed by atoms with Crippen LogP contribution in [0.3, 0.4) is 0 Å². The van der Waals surface area contributed by atoms with Crippen LogP contribution in [0.2, 0.25) is 0 Å². The molecule has 2 rings (SSSR count). The summed E-state index contributed by atoms with van der Waals surface area (Å²) in [6, 6.07) is 12.3. The van der Waals surface area contributed by atoms with E-state index < -0.39 is 0 Å². The predicted octanol–water partition coefficient (Wildman–Crippen LogP) is 3.51. The predicted molar refractivity (Wildman–Crippen MR) is 87.3 cm³/mol. The summed E-state index contributed by atoms with van der Waals surface area (Å²) in [5.41, 5.74) is 4.00. The molecule has 0 bridgehead atoms. The van der Waals surface area contributed by atoms with Crippen LogP contribution in [-0.4, -0.2) is 24.4 Å². The molecule has 1 N–H and O–H groups in total. The number of anilines is 1. The van der Waals surface area contributed by atoms with Crippen LogP contribution in [-0.2, 0) is 11.3 Å². The van der Waals surface area contributed by atoms with Crippen molar-refractivity contribution in [1.29, 1.82) is 0 Å². The van der Waals surface area contributed by atoms with Crippen molar-refractivity contribution in [3.63, 3.8) is 0 Å². The van der Waals surface area contributed by atoms with E-state index in [4.69, 9.17) is 0 Å². The Morgan fingerprint density at radius 3 is 2.41 bits per heavy atom. The molecule has 3 nitrogen and oxygen atoms in total. The molecule has 0 aromatic heterocycles. The van der Waals surface area contributed by atoms with Crippen molar-refractivity contribution in [3.8, 4) is 0 Å². The zero-order chi connectivity index (χ0) is 16.1. The fourth-order valence-corrected chi connectivity index (χ4v) is 2.39. The molecule has 0 aliphatic rings. The molecule has 0 saturated carbocycles. The Labute approximate surface area is 130 Å². The number of carbonyl (C=O) groups is 1. The minimum Gasteiger partial charge on any atom is -0.376 e. The van der Waals surface area contributed by atoms with Crippen LogP contribution >= 0.6 is 0 Å². The zero-order valence-corrected chi connectivity index (χ0v) is 13.2. The van der Waals surface area contributed by atoms with Crippen molar-refractivity contribution in [3.05, 3.63) is 65.0 Å². The minimum absolute atomic E-state index is 0.0353. The van der Waals surface area contributed by atoms with E-state index in [2.05, 4.69) is 5.32 Å². The lowest BCUT2D eigenvalue weighted by Gasteiger charge is -2.19. The molecule has 0 fully saturated rings. The van der Waals surface area contributed by atoms with Crippen LogP contribution in [0.5, 0.6) is 0 Å². The van der Waals surface area contributed by atoms with E-state index in [9.17, 15) is 9.18 Å². The molecular weight excluding hydrogens is 279 g/mol. The second-order valence-corrected chi connectivity index (χ2v) is 5.50. The van der Waals surface area contributed by atoms with Crippen LogP contribution in [0, 0.1) is 19.7 Å². The van der Waals surface area contributed by atoms with Gasteiger partial charge in [0.25, 0.3) is 0 Å². The van der Waals surface area contributed by atoms with E-state index in [0.717, 1.165) is 22.4 Å². The number of para-hydroxylation sites is 1. The van der Waals surface area contributed by atoms with Crippen molar-refractivity contribution in [1.82, 2.24) is 4.90 Å². The first-order valence-electron chi connectivity index (χ1n) is 7.26. The summed E-state index contributed by atoms with van der Waals surface area (Å²) < 4.78 is 13.2. The van der Waals surface area contributed by atoms with E-state index in [1.807, 2.05) is 38.1 Å². The van der Waals surface area contributed by atoms with Gasteiger partial charge < -0.3 is 10.2 Å². The topological polar surface area (TPSA) is 32.3 Å². The Morgan fingerprint density at radius 2 is 1.77 bits per heavy atom. The lowest BCUT2D eigenvalue weighted by Crippen LogP contribution is -2.32. The SMILES string of the molecule is Cc1cccc(C)c1NCC(=O)N(C)Cc1cccc(F)c1. The highest BCUT2D eigenvalue weighted by molar-refractivity contribution is 5.81. The number of likely N-dealkylation sites (N-methyl/N-ethyl adjacent to an activating group) is 1. The number of hydrogen-bond donors (Lipinski definition) is 1. The van der Waals surface area contributed by atoms with Gasteiger partial charge in [-0.25, -0.2) is 4.39 Å². The number of carbonyl (C=O) groups excluding carboxylic acids is 1. The fraction of sp³-hybridized carbons (Fsp3) is 0.278. The third-order valence-electron chi connectivity index (χ3n) is 3.63. The van der Waals surface area contributed by atoms with Crippen molar-refractivity contribution in [2.45, 2.75) is 20.4 Å². The molecule has 0 aliphatic heterocycles. The number of aryl methyl sites for hydroxylation is 2. The molecular formula is C18H21FN2O. The van der Waals surface area contributed by atoms with Crippen molar-refractivity contribution < 1.29 is 9.18 Å². The second kappa shape index (κ2) is 7.07. The third-order valence-corrected chi connectivity index (χ3v) is 3.63. The van der Waals surface area contributed by atoms with E-state index in [0.29, 0.717) is 6.54 Å². The Balaban J connectivity index is 1.94. The smallest absolute Gasteiger partial charge is 0.241 e. The molecule has 2 aromatic rings. The number of nitrogens with zero attached hydrogens (tertiary/aromatic N) is 1. The molecule has 0 saturated heterocycles. The maximum Gasteiger partial charge on any atom is 0.241 e. The van der Waals surface area contributed by atoms with Crippen LogP contribution in [0.15, 0.2) is 42.5 Å². The highest BCUT2D eigenvalue weighted by Gasteiger charge is 2.11. The molecule has 0 atom stereocenters. The number of amides is 1. The number of halogens is 1. The molecule has 2 aromatic carbocycles. The monoisotopic (exact) mass is 300 g/mol. The van der Waals surface area contributed by atoms with Gasteiger partial charge in [0.2, 0.25) is 5.91 Å². The van der Waals surface area contributed by atoms with E-state index >= 15 is 0 Å². The standard InChI is InChI=1S/C18H21FN2O/c1-13-6-4-7-14(2)18(13)20-11-17(22)21(3)12-15-8-5-9-16(19)10-15/h4-10,20H,11-12H2,1-3H3. The first-order valence-corrected chi connectivity index (χ1v) is 7.26. The zero-order valence-electron chi connectivity index (χ0n) is 13.2. The van der Waals surface area contributed by atoms with Crippen molar-refractivity contribution in [2.75, 3.05) is 18.9 Å². The first-order chi connectivity index (χ1) is 10.5. The summed E-state index contributed by atoms with van der Waals surface area (Å²) in [5.74, 6) is -0.320. The second-order valence-electron chi connectivity index (χ2n) is 5.50. The Hall–Kier alpha value is -2.36. The van der Waals surface area contributed by atoms with Crippen LogP contribution < -0.4 is 5.32 Å². The molecule has 1 amide bonds. The van der Waals surface area contributed by atoms with Gasteiger partial charge in [-0.15, -0.1) is 0 Å². The Morgan fingerprint density at radius 1 is 1.14 bits per heavy atom. The summed E-state index contributed by atoms with van der Waals surface area (Å²) >= 11 is 0. The average Bonchev–Trinajstić information content (AvgIpc) is 2.46. The van der Waals surface area contributed by atoms with Gasteiger partial charge in [0, 0.05) is 19.3 Å². The lowest BCUT2D eigenvalue weighted by molar-refractivity contribution is -0.128. The van der Waals surface area contributed by atoms with Crippen molar-refractivity contribution in [2.24, 2.45) is 0 Å². The van der Waals surface area contributed by atoms with Gasteiger partial charge in [0.15, 0.2) is 0 Å². The minimum atomic E-state index is -0.285. The molecule has 0 aliphatic carbocycles. The molecule has 0 radical (unpaired) electrons. The summed E-state index contributed by atoms with van der Waals surface area (Å²) in [7, 11) is 1.72. The molecule has 116 valence electrons. The van der Waals surface area contributed by atoms with Gasteiger partial charge in [-0.3, -0.25) is 4.79 Å². The van der Waals surface area contributed by atoms with Gasteiger partial charge in [0.1, 0.15) is 5.82 Å². The Kier molecular flexibility index (Phi) is 5.15. The number of rotatable bonds is 5.